The second-order valence-electron chi connectivity index (χ2n) is 5.73. The van der Waals surface area contributed by atoms with Gasteiger partial charge in [0.2, 0.25) is 5.75 Å². The van der Waals surface area contributed by atoms with Crippen molar-refractivity contribution in [2.45, 2.75) is 24.5 Å². The summed E-state index contributed by atoms with van der Waals surface area (Å²) in [5.41, 5.74) is -1.99. The van der Waals surface area contributed by atoms with Gasteiger partial charge < -0.3 is 43.8 Å². The standard InChI is InChI=1S/C10H17N2O16P3.3Na/c1-24-4-2-12(10(16)11-8(4)15)9-7(14)6(13)5(26-9)3-25-30(20,21)28-31(22,23)27-29(17,18)19;;;/h2,5-7,9,13-14H,3H2,1H3,(H,20,21)(H,22,23)(H,11,15,16)(H2,17,18,19);;;/q;3*+1/p-3/t5-,6-,7-,9-;;;/m1.../s1. The normalized spacial score (nSPS) is 27.0. The SMILES string of the molecule is COc1cn([C@@H]2O[C@H](COP(=O)([O-])OP(=O)([O-])OP(=O)([O-])O)[C@@H](O)[C@H]2O)c(=O)[nH]c1=O.[Na+].[Na+].[Na+]. The number of aliphatic hydroxyl groups is 2. The minimum absolute atomic E-state index is 0. The zero-order valence-electron chi connectivity index (χ0n) is 18.0. The van der Waals surface area contributed by atoms with Crippen molar-refractivity contribution >= 4 is 23.5 Å². The van der Waals surface area contributed by atoms with E-state index in [2.05, 4.69) is 13.1 Å². The average molecular weight is 580 g/mol. The third-order valence-electron chi connectivity index (χ3n) is 3.57. The molecule has 0 radical (unpaired) electrons. The third-order valence-corrected chi connectivity index (χ3v) is 7.26. The summed E-state index contributed by atoms with van der Waals surface area (Å²) in [6.07, 6.45) is -6.25. The Bertz CT molecular complexity index is 1080. The van der Waals surface area contributed by atoms with Crippen LogP contribution in [0.1, 0.15) is 6.23 Å². The molecule has 34 heavy (non-hydrogen) atoms. The third kappa shape index (κ3) is 10.9. The first-order chi connectivity index (χ1) is 14.1. The van der Waals surface area contributed by atoms with Crippen LogP contribution in [0.15, 0.2) is 15.8 Å². The molecule has 0 amide bonds. The maximum atomic E-state index is 11.9. The van der Waals surface area contributed by atoms with Gasteiger partial charge >= 0.3 is 94.4 Å². The number of hydrogen-bond acceptors (Lipinski definition) is 15. The summed E-state index contributed by atoms with van der Waals surface area (Å²) in [7, 11) is -16.8. The van der Waals surface area contributed by atoms with Gasteiger partial charge in [-0.25, -0.2) is 13.4 Å². The molecule has 7 atom stereocenters. The van der Waals surface area contributed by atoms with Crippen LogP contribution in [-0.4, -0.2) is 56.7 Å². The van der Waals surface area contributed by atoms with Gasteiger partial charge in [0, 0.05) is 0 Å². The number of nitrogens with one attached hydrogen (secondary N) is 1. The summed E-state index contributed by atoms with van der Waals surface area (Å²) in [4.78, 5) is 66.6. The molecule has 24 heteroatoms. The maximum Gasteiger partial charge on any atom is 1.00 e. The molecule has 18 nitrogen and oxygen atoms in total. The number of phosphoric acid groups is 3. The molecular formula is C10H14N2Na3O16P3. The van der Waals surface area contributed by atoms with E-state index in [9.17, 15) is 48.2 Å². The van der Waals surface area contributed by atoms with Crippen LogP contribution in [0.2, 0.25) is 0 Å². The molecule has 178 valence electrons. The summed E-state index contributed by atoms with van der Waals surface area (Å²) < 4.78 is 54.2. The van der Waals surface area contributed by atoms with Crippen LogP contribution in [0.3, 0.4) is 0 Å². The molecule has 1 fully saturated rings. The summed E-state index contributed by atoms with van der Waals surface area (Å²) in [6, 6.07) is 0. The number of phosphoric ester groups is 1. The predicted molar refractivity (Wildman–Crippen MR) is 87.0 cm³/mol. The van der Waals surface area contributed by atoms with Crippen LogP contribution in [0.25, 0.3) is 0 Å². The van der Waals surface area contributed by atoms with E-state index in [0.29, 0.717) is 4.57 Å². The van der Waals surface area contributed by atoms with Crippen LogP contribution < -0.4 is 119 Å². The van der Waals surface area contributed by atoms with Gasteiger partial charge in [-0.2, -0.15) is 0 Å². The summed E-state index contributed by atoms with van der Waals surface area (Å²) in [5.74, 6) is -0.368. The van der Waals surface area contributed by atoms with Crippen molar-refractivity contribution < 1.29 is 155 Å². The van der Waals surface area contributed by atoms with Crippen LogP contribution in [-0.2, 0) is 31.6 Å². The largest absolute Gasteiger partial charge is 1.00 e. The molecular weight excluding hydrogens is 566 g/mol. The quantitative estimate of drug-likeness (QED) is 0.156. The number of methoxy groups -OCH3 is 1. The van der Waals surface area contributed by atoms with Crippen molar-refractivity contribution in [1.82, 2.24) is 9.55 Å². The van der Waals surface area contributed by atoms with Crippen molar-refractivity contribution in [1.29, 1.82) is 0 Å². The van der Waals surface area contributed by atoms with Gasteiger partial charge in [0.1, 0.15) is 18.3 Å². The van der Waals surface area contributed by atoms with Gasteiger partial charge in [0.05, 0.1) is 19.9 Å². The van der Waals surface area contributed by atoms with Gasteiger partial charge in [-0.15, -0.1) is 0 Å². The molecule has 0 aliphatic carbocycles. The van der Waals surface area contributed by atoms with Crippen LogP contribution in [0, 0.1) is 0 Å². The second kappa shape index (κ2) is 14.8. The fourth-order valence-corrected chi connectivity index (χ4v) is 5.25. The number of H-pyrrole nitrogens is 1. The molecule has 1 aromatic rings. The number of rotatable bonds is 9. The van der Waals surface area contributed by atoms with Crippen molar-refractivity contribution in [3.63, 3.8) is 0 Å². The Hall–Kier alpha value is 1.77. The molecule has 4 N–H and O–H groups in total. The molecule has 0 aromatic carbocycles. The molecule has 0 bridgehead atoms. The number of aliphatic hydroxyl groups excluding tert-OH is 2. The molecule has 1 aliphatic rings. The van der Waals surface area contributed by atoms with Gasteiger partial charge in [-0.3, -0.25) is 28.0 Å². The predicted octanol–water partition coefficient (Wildman–Crippen LogP) is -13.4. The summed E-state index contributed by atoms with van der Waals surface area (Å²) in [6.45, 7) is -1.18. The molecule has 2 rings (SSSR count). The Balaban J connectivity index is 0. The maximum absolute atomic E-state index is 11.9. The number of ether oxygens (including phenoxy) is 2. The minimum atomic E-state index is -6.13. The van der Waals surface area contributed by atoms with Crippen LogP contribution in [0.4, 0.5) is 0 Å². The number of nitrogens with zero attached hydrogens (tertiary/aromatic N) is 1. The molecule has 0 spiro atoms. The van der Waals surface area contributed by atoms with Gasteiger partial charge in [-0.1, -0.05) is 0 Å². The number of hydrogen-bond donors (Lipinski definition) is 4. The molecule has 0 saturated carbocycles. The average Bonchev–Trinajstić information content (AvgIpc) is 2.85. The number of aromatic amines is 1. The first-order valence-electron chi connectivity index (χ1n) is 7.69. The Labute approximate surface area is 256 Å². The molecule has 1 saturated heterocycles. The van der Waals surface area contributed by atoms with E-state index < -0.39 is 65.9 Å². The summed E-state index contributed by atoms with van der Waals surface area (Å²) in [5, 5.41) is 20.1. The smallest absolute Gasteiger partial charge is 0.756 e. The molecule has 1 aliphatic heterocycles. The Morgan fingerprint density at radius 3 is 2.12 bits per heavy atom. The molecule has 3 unspecified atom stereocenters. The van der Waals surface area contributed by atoms with E-state index in [0.717, 1.165) is 13.3 Å². The first-order valence-corrected chi connectivity index (χ1v) is 12.1. The van der Waals surface area contributed by atoms with Crippen LogP contribution in [0.5, 0.6) is 5.75 Å². The van der Waals surface area contributed by atoms with E-state index in [1.165, 1.54) is 0 Å². The van der Waals surface area contributed by atoms with Crippen LogP contribution >= 0.6 is 23.5 Å². The zero-order valence-corrected chi connectivity index (χ0v) is 26.7. The van der Waals surface area contributed by atoms with E-state index >= 15 is 0 Å². The van der Waals surface area contributed by atoms with Crippen molar-refractivity contribution in [3.05, 3.63) is 27.0 Å². The topological polar surface area (TPSA) is 282 Å². The van der Waals surface area contributed by atoms with Gasteiger partial charge in [0.15, 0.2) is 6.23 Å². The van der Waals surface area contributed by atoms with E-state index in [4.69, 9.17) is 14.4 Å². The van der Waals surface area contributed by atoms with Crippen molar-refractivity contribution in [2.24, 2.45) is 0 Å². The van der Waals surface area contributed by atoms with E-state index in [1.807, 2.05) is 4.98 Å². The fraction of sp³-hybridized carbons (Fsp3) is 0.600. The Morgan fingerprint density at radius 1 is 1.06 bits per heavy atom. The fourth-order valence-electron chi connectivity index (χ4n) is 2.35. The Kier molecular flexibility index (Phi) is 16.5. The van der Waals surface area contributed by atoms with E-state index in [1.54, 1.807) is 0 Å². The Morgan fingerprint density at radius 2 is 1.62 bits per heavy atom. The van der Waals surface area contributed by atoms with Crippen molar-refractivity contribution in [2.75, 3.05) is 13.7 Å². The van der Waals surface area contributed by atoms with Gasteiger partial charge in [-0.05, 0) is 0 Å². The van der Waals surface area contributed by atoms with Gasteiger partial charge in [0.25, 0.3) is 29.0 Å². The second-order valence-corrected chi connectivity index (χ2v) is 10.0. The van der Waals surface area contributed by atoms with E-state index in [-0.39, 0.29) is 94.4 Å². The minimum Gasteiger partial charge on any atom is -0.756 e. The molecule has 2 heterocycles. The first kappa shape index (κ1) is 37.9. The number of aromatic nitrogens is 2. The summed E-state index contributed by atoms with van der Waals surface area (Å²) >= 11 is 0. The zero-order chi connectivity index (χ0) is 23.8. The molecule has 1 aromatic heterocycles. The monoisotopic (exact) mass is 580 g/mol. The van der Waals surface area contributed by atoms with Crippen molar-refractivity contribution in [3.8, 4) is 5.75 Å².